The Hall–Kier alpha value is -1.35. The zero-order valence-corrected chi connectivity index (χ0v) is 10.0. The fourth-order valence-corrected chi connectivity index (χ4v) is 2.25. The Morgan fingerprint density at radius 2 is 1.93 bits per heavy atom. The van der Waals surface area contributed by atoms with Crippen molar-refractivity contribution >= 4 is 26.4 Å². The maximum absolute atomic E-state index is 11.5. The first kappa shape index (κ1) is 11.7. The molecule has 0 atom stereocenters. The van der Waals surface area contributed by atoms with Gasteiger partial charge in [-0.2, -0.15) is 0 Å². The molecule has 0 bridgehead atoms. The summed E-state index contributed by atoms with van der Waals surface area (Å²) < 4.78 is 0.993. The molecular weight excluding hydrogens is 206 g/mol. The highest BCUT2D eigenvalue weighted by atomic mass is 32.1. The second-order valence-corrected chi connectivity index (χ2v) is 4.05. The topological polar surface area (TPSA) is 43.1 Å². The second-order valence-electron chi connectivity index (χ2n) is 2.96. The molecule has 1 aromatic heterocycles. The van der Waals surface area contributed by atoms with Crippen molar-refractivity contribution in [2.45, 2.75) is 20.8 Å². The van der Waals surface area contributed by atoms with Crippen molar-refractivity contribution in [3.8, 4) is 0 Å². The number of nitrogen functional groups attached to an aromatic ring is 1. The fourth-order valence-electron chi connectivity index (χ4n) is 1.34. The van der Waals surface area contributed by atoms with Crippen LogP contribution in [0.3, 0.4) is 0 Å². The Labute approximate surface area is 93.4 Å². The SMILES string of the molecule is CC.Cc1cccc2c(=O)cc(N)sc12. The van der Waals surface area contributed by atoms with Crippen LogP contribution in [0.25, 0.3) is 10.1 Å². The van der Waals surface area contributed by atoms with Crippen LogP contribution in [0.1, 0.15) is 19.4 Å². The molecule has 0 unspecified atom stereocenters. The van der Waals surface area contributed by atoms with Crippen molar-refractivity contribution < 1.29 is 0 Å². The van der Waals surface area contributed by atoms with Crippen LogP contribution in [0.5, 0.6) is 0 Å². The van der Waals surface area contributed by atoms with Crippen LogP contribution in [0, 0.1) is 6.92 Å². The van der Waals surface area contributed by atoms with Gasteiger partial charge in [-0.15, -0.1) is 11.3 Å². The summed E-state index contributed by atoms with van der Waals surface area (Å²) in [5.41, 5.74) is 6.72. The fraction of sp³-hybridized carbons (Fsp3) is 0.250. The quantitative estimate of drug-likeness (QED) is 0.742. The zero-order chi connectivity index (χ0) is 11.4. The van der Waals surface area contributed by atoms with Gasteiger partial charge < -0.3 is 5.73 Å². The third-order valence-corrected chi connectivity index (χ3v) is 3.07. The Balaban J connectivity index is 0.000000531. The van der Waals surface area contributed by atoms with Gasteiger partial charge in [-0.25, -0.2) is 0 Å². The number of aryl methyl sites for hydroxylation is 1. The molecule has 2 N–H and O–H groups in total. The predicted octanol–water partition coefficient (Wildman–Crippen LogP) is 3.18. The van der Waals surface area contributed by atoms with Crippen LogP contribution >= 0.6 is 11.3 Å². The molecule has 80 valence electrons. The first-order valence-corrected chi connectivity index (χ1v) is 5.79. The van der Waals surface area contributed by atoms with Gasteiger partial charge in [0.2, 0.25) is 0 Å². The summed E-state index contributed by atoms with van der Waals surface area (Å²) in [5, 5.41) is 1.34. The van der Waals surface area contributed by atoms with E-state index in [2.05, 4.69) is 0 Å². The van der Waals surface area contributed by atoms with E-state index in [4.69, 9.17) is 5.73 Å². The summed E-state index contributed by atoms with van der Waals surface area (Å²) in [5.74, 6) is 0. The van der Waals surface area contributed by atoms with Crippen molar-refractivity contribution in [3.63, 3.8) is 0 Å². The van der Waals surface area contributed by atoms with Crippen LogP contribution < -0.4 is 11.2 Å². The van der Waals surface area contributed by atoms with Gasteiger partial charge in [-0.3, -0.25) is 4.79 Å². The van der Waals surface area contributed by atoms with Crippen molar-refractivity contribution in [2.75, 3.05) is 5.73 Å². The minimum Gasteiger partial charge on any atom is -0.390 e. The number of nitrogens with two attached hydrogens (primary N) is 1. The molecule has 0 fully saturated rings. The van der Waals surface area contributed by atoms with Crippen molar-refractivity contribution in [1.82, 2.24) is 0 Å². The molecule has 2 nitrogen and oxygen atoms in total. The molecule has 0 aliphatic carbocycles. The van der Waals surface area contributed by atoms with E-state index >= 15 is 0 Å². The maximum Gasteiger partial charge on any atom is 0.190 e. The average Bonchev–Trinajstić information content (AvgIpc) is 2.23. The van der Waals surface area contributed by atoms with Gasteiger partial charge >= 0.3 is 0 Å². The molecule has 0 spiro atoms. The molecule has 0 saturated heterocycles. The third-order valence-electron chi connectivity index (χ3n) is 1.97. The van der Waals surface area contributed by atoms with Gasteiger partial charge in [-0.1, -0.05) is 26.0 Å². The number of rotatable bonds is 0. The summed E-state index contributed by atoms with van der Waals surface area (Å²) in [6.45, 7) is 5.98. The molecular formula is C12H15NOS. The Kier molecular flexibility index (Phi) is 3.86. The van der Waals surface area contributed by atoms with Crippen LogP contribution in [0.2, 0.25) is 0 Å². The van der Waals surface area contributed by atoms with Crippen LogP contribution in [-0.2, 0) is 0 Å². The summed E-state index contributed by atoms with van der Waals surface area (Å²) in [6, 6.07) is 7.19. The summed E-state index contributed by atoms with van der Waals surface area (Å²) in [7, 11) is 0. The van der Waals surface area contributed by atoms with Gasteiger partial charge in [0.05, 0.1) is 5.00 Å². The van der Waals surface area contributed by atoms with Crippen LogP contribution in [0.4, 0.5) is 5.00 Å². The highest BCUT2D eigenvalue weighted by molar-refractivity contribution is 7.22. The molecule has 0 radical (unpaired) electrons. The molecule has 0 aliphatic heterocycles. The molecule has 15 heavy (non-hydrogen) atoms. The van der Waals surface area contributed by atoms with Crippen molar-refractivity contribution in [3.05, 3.63) is 40.1 Å². The summed E-state index contributed by atoms with van der Waals surface area (Å²) in [6.07, 6.45) is 0. The first-order chi connectivity index (χ1) is 7.18. The summed E-state index contributed by atoms with van der Waals surface area (Å²) >= 11 is 1.46. The molecule has 3 heteroatoms. The standard InChI is InChI=1S/C10H9NOS.C2H6/c1-6-3-2-4-7-8(12)5-9(11)13-10(6)7;1-2/h2-5H,11H2,1H3;1-2H3. The van der Waals surface area contributed by atoms with Crippen LogP contribution in [-0.4, -0.2) is 0 Å². The molecule has 0 amide bonds. The molecule has 1 heterocycles. The van der Waals surface area contributed by atoms with E-state index in [0.717, 1.165) is 15.6 Å². The lowest BCUT2D eigenvalue weighted by molar-refractivity contribution is 1.50. The monoisotopic (exact) mass is 221 g/mol. The molecule has 2 rings (SSSR count). The zero-order valence-electron chi connectivity index (χ0n) is 9.20. The molecule has 0 saturated carbocycles. The Morgan fingerprint density at radius 1 is 1.27 bits per heavy atom. The largest absolute Gasteiger partial charge is 0.390 e. The van der Waals surface area contributed by atoms with Gasteiger partial charge in [-0.05, 0) is 18.6 Å². The number of benzene rings is 1. The second kappa shape index (κ2) is 4.94. The highest BCUT2D eigenvalue weighted by Crippen LogP contribution is 2.23. The number of fused-ring (bicyclic) bond motifs is 1. The predicted molar refractivity (Wildman–Crippen MR) is 68.6 cm³/mol. The number of hydrogen-bond donors (Lipinski definition) is 1. The van der Waals surface area contributed by atoms with Gasteiger partial charge in [0.1, 0.15) is 0 Å². The summed E-state index contributed by atoms with van der Waals surface area (Å²) in [4.78, 5) is 11.5. The smallest absolute Gasteiger partial charge is 0.190 e. The van der Waals surface area contributed by atoms with Gasteiger partial charge in [0.15, 0.2) is 5.43 Å². The molecule has 1 aromatic carbocycles. The van der Waals surface area contributed by atoms with Gasteiger partial charge in [0.25, 0.3) is 0 Å². The Bertz CT molecular complexity index is 517. The lowest BCUT2D eigenvalue weighted by Crippen LogP contribution is -2.00. The maximum atomic E-state index is 11.5. The van der Waals surface area contributed by atoms with E-state index in [1.807, 2.05) is 39.0 Å². The lowest BCUT2D eigenvalue weighted by atomic mass is 10.2. The number of anilines is 1. The van der Waals surface area contributed by atoms with E-state index in [1.54, 1.807) is 0 Å². The first-order valence-electron chi connectivity index (χ1n) is 4.97. The third kappa shape index (κ3) is 2.36. The van der Waals surface area contributed by atoms with Crippen molar-refractivity contribution in [1.29, 1.82) is 0 Å². The highest BCUT2D eigenvalue weighted by Gasteiger charge is 2.01. The van der Waals surface area contributed by atoms with E-state index in [1.165, 1.54) is 17.4 Å². The Morgan fingerprint density at radius 3 is 2.60 bits per heavy atom. The van der Waals surface area contributed by atoms with Crippen molar-refractivity contribution in [2.24, 2.45) is 0 Å². The average molecular weight is 221 g/mol. The lowest BCUT2D eigenvalue weighted by Gasteiger charge is -2.00. The minimum atomic E-state index is 0.00921. The van der Waals surface area contributed by atoms with E-state index in [-0.39, 0.29) is 5.43 Å². The normalized spacial score (nSPS) is 9.53. The van der Waals surface area contributed by atoms with E-state index < -0.39 is 0 Å². The molecule has 2 aromatic rings. The minimum absolute atomic E-state index is 0.00921. The molecule has 0 aliphatic rings. The van der Waals surface area contributed by atoms with Gasteiger partial charge in [0, 0.05) is 16.2 Å². The van der Waals surface area contributed by atoms with E-state index in [9.17, 15) is 4.79 Å². The van der Waals surface area contributed by atoms with Crippen LogP contribution in [0.15, 0.2) is 29.1 Å². The van der Waals surface area contributed by atoms with E-state index in [0.29, 0.717) is 5.00 Å². The number of hydrogen-bond acceptors (Lipinski definition) is 3.